The van der Waals surface area contributed by atoms with Crippen molar-refractivity contribution in [3.63, 3.8) is 0 Å². The number of rotatable bonds is 3. The quantitative estimate of drug-likeness (QED) is 0.723. The number of sulfone groups is 1. The molecule has 2 saturated heterocycles. The molecule has 1 unspecified atom stereocenters. The number of carbonyl (C=O) groups excluding carboxylic acids is 2. The average Bonchev–Trinajstić information content (AvgIpc) is 2.49. The topological polar surface area (TPSA) is 98.8 Å². The number of ether oxygens (including phenoxy) is 2. The second-order valence-corrected chi connectivity index (χ2v) is 7.87. The van der Waals surface area contributed by atoms with E-state index in [1.54, 1.807) is 0 Å². The molecule has 0 bridgehead atoms. The van der Waals surface area contributed by atoms with Crippen LogP contribution in [0.3, 0.4) is 0 Å². The molecule has 0 spiro atoms. The maximum atomic E-state index is 12.3. The Morgan fingerprint density at radius 1 is 1.24 bits per heavy atom. The van der Waals surface area contributed by atoms with Crippen LogP contribution in [0.5, 0.6) is 0 Å². The van der Waals surface area contributed by atoms with Crippen molar-refractivity contribution >= 4 is 21.7 Å². The number of esters is 1. The summed E-state index contributed by atoms with van der Waals surface area (Å²) in [5.41, 5.74) is -1.25. The summed E-state index contributed by atoms with van der Waals surface area (Å²) >= 11 is 0. The zero-order valence-electron chi connectivity index (χ0n) is 12.1. The molecule has 2 aliphatic rings. The van der Waals surface area contributed by atoms with Crippen LogP contribution in [0.4, 0.5) is 0 Å². The van der Waals surface area contributed by atoms with Crippen molar-refractivity contribution in [3.05, 3.63) is 0 Å². The number of hydrogen-bond donors (Lipinski definition) is 1. The lowest BCUT2D eigenvalue weighted by atomic mass is 9.91. The predicted molar refractivity (Wildman–Crippen MR) is 74.4 cm³/mol. The Bertz CT molecular complexity index is 495. The van der Waals surface area contributed by atoms with Gasteiger partial charge in [-0.05, 0) is 32.1 Å². The van der Waals surface area contributed by atoms with Crippen LogP contribution in [0.15, 0.2) is 0 Å². The molecule has 0 aromatic heterocycles. The largest absolute Gasteiger partial charge is 0.467 e. The predicted octanol–water partition coefficient (Wildman–Crippen LogP) is -0.208. The summed E-state index contributed by atoms with van der Waals surface area (Å²) in [6, 6.07) is 0. The number of hydrogen-bond acceptors (Lipinski definition) is 6. The third kappa shape index (κ3) is 3.74. The van der Waals surface area contributed by atoms with E-state index < -0.39 is 27.4 Å². The van der Waals surface area contributed by atoms with Crippen LogP contribution in [0.2, 0.25) is 0 Å². The SMILES string of the molecule is COC(=O)C1(NC(=O)C2CCCCO2)CCS(=O)(=O)CC1. The van der Waals surface area contributed by atoms with Gasteiger partial charge in [-0.25, -0.2) is 13.2 Å². The third-order valence-corrected chi connectivity index (χ3v) is 5.74. The summed E-state index contributed by atoms with van der Waals surface area (Å²) in [6.45, 7) is 0.525. The zero-order chi connectivity index (χ0) is 15.5. The third-order valence-electron chi connectivity index (χ3n) is 4.09. The Morgan fingerprint density at radius 3 is 2.43 bits per heavy atom. The second-order valence-electron chi connectivity index (χ2n) is 5.57. The number of methoxy groups -OCH3 is 1. The van der Waals surface area contributed by atoms with E-state index in [2.05, 4.69) is 5.32 Å². The van der Waals surface area contributed by atoms with Gasteiger partial charge in [0.1, 0.15) is 11.6 Å². The van der Waals surface area contributed by atoms with Crippen molar-refractivity contribution in [1.82, 2.24) is 5.32 Å². The molecule has 1 amide bonds. The highest BCUT2D eigenvalue weighted by atomic mass is 32.2. The summed E-state index contributed by atoms with van der Waals surface area (Å²) in [6.07, 6.45) is 1.95. The standard InChI is InChI=1S/C13H21NO6S/c1-19-12(16)13(5-8-21(17,18)9-6-13)14-11(15)10-4-2-3-7-20-10/h10H,2-9H2,1H3,(H,14,15). The second kappa shape index (κ2) is 6.31. The summed E-state index contributed by atoms with van der Waals surface area (Å²) in [7, 11) is -1.91. The fraction of sp³-hybridized carbons (Fsp3) is 0.846. The summed E-state index contributed by atoms with van der Waals surface area (Å²) in [5, 5.41) is 2.69. The highest BCUT2D eigenvalue weighted by molar-refractivity contribution is 7.91. The van der Waals surface area contributed by atoms with Gasteiger partial charge in [-0.2, -0.15) is 0 Å². The Labute approximate surface area is 124 Å². The molecule has 2 aliphatic heterocycles. The van der Waals surface area contributed by atoms with Crippen molar-refractivity contribution in [2.75, 3.05) is 25.2 Å². The van der Waals surface area contributed by atoms with Gasteiger partial charge >= 0.3 is 5.97 Å². The van der Waals surface area contributed by atoms with E-state index >= 15 is 0 Å². The highest BCUT2D eigenvalue weighted by Crippen LogP contribution is 2.26. The van der Waals surface area contributed by atoms with Gasteiger partial charge in [0.25, 0.3) is 0 Å². The maximum absolute atomic E-state index is 12.3. The first-order chi connectivity index (χ1) is 9.88. The molecule has 0 aromatic carbocycles. The van der Waals surface area contributed by atoms with Crippen LogP contribution >= 0.6 is 0 Å². The van der Waals surface area contributed by atoms with E-state index in [4.69, 9.17) is 9.47 Å². The molecule has 0 aliphatic carbocycles. The number of amides is 1. The molecule has 0 radical (unpaired) electrons. The molecule has 7 nitrogen and oxygen atoms in total. The Morgan fingerprint density at radius 2 is 1.90 bits per heavy atom. The van der Waals surface area contributed by atoms with Crippen LogP contribution < -0.4 is 5.32 Å². The smallest absolute Gasteiger partial charge is 0.331 e. The molecule has 8 heteroatoms. The summed E-state index contributed by atoms with van der Waals surface area (Å²) in [4.78, 5) is 24.3. The summed E-state index contributed by atoms with van der Waals surface area (Å²) < 4.78 is 33.3. The van der Waals surface area contributed by atoms with Gasteiger partial charge in [0.15, 0.2) is 9.84 Å². The summed E-state index contributed by atoms with van der Waals surface area (Å²) in [5.74, 6) is -1.22. The van der Waals surface area contributed by atoms with Crippen molar-refractivity contribution < 1.29 is 27.5 Å². The molecule has 0 aromatic rings. The number of nitrogens with one attached hydrogen (secondary N) is 1. The average molecular weight is 319 g/mol. The lowest BCUT2D eigenvalue weighted by molar-refractivity contribution is -0.154. The number of carbonyl (C=O) groups is 2. The van der Waals surface area contributed by atoms with Crippen LogP contribution in [-0.2, 0) is 28.9 Å². The van der Waals surface area contributed by atoms with Crippen LogP contribution in [0, 0.1) is 0 Å². The first kappa shape index (κ1) is 16.2. The Kier molecular flexibility index (Phi) is 4.88. The van der Waals surface area contributed by atoms with Gasteiger partial charge in [0.05, 0.1) is 18.6 Å². The zero-order valence-corrected chi connectivity index (χ0v) is 12.9. The van der Waals surface area contributed by atoms with E-state index in [1.165, 1.54) is 7.11 Å². The van der Waals surface area contributed by atoms with Crippen molar-refractivity contribution in [3.8, 4) is 0 Å². The first-order valence-corrected chi connectivity index (χ1v) is 8.93. The van der Waals surface area contributed by atoms with Gasteiger partial charge in [-0.1, -0.05) is 0 Å². The monoisotopic (exact) mass is 319 g/mol. The maximum Gasteiger partial charge on any atom is 0.331 e. The fourth-order valence-electron chi connectivity index (χ4n) is 2.73. The van der Waals surface area contributed by atoms with Crippen molar-refractivity contribution in [2.24, 2.45) is 0 Å². The van der Waals surface area contributed by atoms with Gasteiger partial charge in [-0.3, -0.25) is 4.79 Å². The van der Waals surface area contributed by atoms with E-state index in [0.717, 1.165) is 12.8 Å². The first-order valence-electron chi connectivity index (χ1n) is 7.11. The van der Waals surface area contributed by atoms with Crippen molar-refractivity contribution in [2.45, 2.75) is 43.7 Å². The Hall–Kier alpha value is -1.15. The molecular weight excluding hydrogens is 298 g/mol. The fourth-order valence-corrected chi connectivity index (χ4v) is 4.25. The van der Waals surface area contributed by atoms with Crippen LogP contribution in [0.25, 0.3) is 0 Å². The minimum atomic E-state index is -3.15. The molecule has 2 fully saturated rings. The van der Waals surface area contributed by atoms with E-state index in [0.29, 0.717) is 13.0 Å². The molecule has 2 rings (SSSR count). The molecular formula is C13H21NO6S. The molecule has 1 atom stereocenters. The van der Waals surface area contributed by atoms with Crippen LogP contribution in [0.1, 0.15) is 32.1 Å². The van der Waals surface area contributed by atoms with Gasteiger partial charge in [0.2, 0.25) is 5.91 Å². The molecule has 1 N–H and O–H groups in total. The molecule has 2 heterocycles. The van der Waals surface area contributed by atoms with Gasteiger partial charge in [-0.15, -0.1) is 0 Å². The highest BCUT2D eigenvalue weighted by Gasteiger charge is 2.46. The molecule has 21 heavy (non-hydrogen) atoms. The Balaban J connectivity index is 2.10. The van der Waals surface area contributed by atoms with Gasteiger partial charge < -0.3 is 14.8 Å². The van der Waals surface area contributed by atoms with Gasteiger partial charge in [0, 0.05) is 6.61 Å². The normalized spacial score (nSPS) is 27.6. The molecule has 0 saturated carbocycles. The van der Waals surface area contributed by atoms with E-state index in [-0.39, 0.29) is 30.3 Å². The van der Waals surface area contributed by atoms with Crippen molar-refractivity contribution in [1.29, 1.82) is 0 Å². The van der Waals surface area contributed by atoms with E-state index in [9.17, 15) is 18.0 Å². The minimum Gasteiger partial charge on any atom is -0.467 e. The minimum absolute atomic E-state index is 0.0421. The molecule has 120 valence electrons. The lowest BCUT2D eigenvalue weighted by Gasteiger charge is -2.36. The van der Waals surface area contributed by atoms with E-state index in [1.807, 2.05) is 0 Å². The lowest BCUT2D eigenvalue weighted by Crippen LogP contribution is -2.61. The van der Waals surface area contributed by atoms with Crippen LogP contribution in [-0.4, -0.2) is 57.2 Å².